The first-order valence-corrected chi connectivity index (χ1v) is 5.30. The lowest BCUT2D eigenvalue weighted by Gasteiger charge is -2.26. The molecule has 0 aliphatic heterocycles. The zero-order valence-electron chi connectivity index (χ0n) is 10.0. The highest BCUT2D eigenvalue weighted by molar-refractivity contribution is 5.71. The summed E-state index contributed by atoms with van der Waals surface area (Å²) < 4.78 is 5.16. The van der Waals surface area contributed by atoms with Gasteiger partial charge in [0, 0.05) is 5.54 Å². The summed E-state index contributed by atoms with van der Waals surface area (Å²) in [7, 11) is 0. The van der Waals surface area contributed by atoms with Gasteiger partial charge in [-0.1, -0.05) is 20.8 Å². The molecule has 3 nitrogen and oxygen atoms in total. The van der Waals surface area contributed by atoms with Gasteiger partial charge in [-0.25, -0.2) is 0 Å². The van der Waals surface area contributed by atoms with Gasteiger partial charge in [-0.15, -0.1) is 0 Å². The maximum atomic E-state index is 11.2. The van der Waals surface area contributed by atoms with Crippen LogP contribution in [0.1, 0.15) is 41.0 Å². The average Bonchev–Trinajstić information content (AvgIpc) is 2.11. The second kappa shape index (κ2) is 6.02. The lowest BCUT2D eigenvalue weighted by Crippen LogP contribution is -2.44. The van der Waals surface area contributed by atoms with E-state index in [0.29, 0.717) is 6.61 Å². The molecule has 0 unspecified atom stereocenters. The van der Waals surface area contributed by atoms with Crippen molar-refractivity contribution in [2.75, 3.05) is 13.2 Å². The minimum atomic E-state index is -0.128. The zero-order valence-corrected chi connectivity index (χ0v) is 10.0. The summed E-state index contributed by atoms with van der Waals surface area (Å²) >= 11 is 0. The molecule has 14 heavy (non-hydrogen) atoms. The van der Waals surface area contributed by atoms with Gasteiger partial charge < -0.3 is 10.1 Å². The first-order valence-electron chi connectivity index (χ1n) is 5.30. The summed E-state index contributed by atoms with van der Waals surface area (Å²) in [5.41, 5.74) is -0.124. The molecule has 0 aromatic carbocycles. The summed E-state index contributed by atoms with van der Waals surface area (Å²) in [6.07, 6.45) is 1.08. The SMILES string of the molecule is CCCNC(C)(C)COC(=O)C(C)C. The van der Waals surface area contributed by atoms with Crippen molar-refractivity contribution in [2.24, 2.45) is 5.92 Å². The molecule has 0 bridgehead atoms. The Kier molecular flexibility index (Phi) is 5.77. The van der Waals surface area contributed by atoms with Crippen LogP contribution in [0.5, 0.6) is 0 Å². The number of hydrogen-bond donors (Lipinski definition) is 1. The molecule has 0 amide bonds. The molecule has 0 aliphatic carbocycles. The highest BCUT2D eigenvalue weighted by Crippen LogP contribution is 2.05. The summed E-state index contributed by atoms with van der Waals surface area (Å²) in [4.78, 5) is 11.2. The predicted octanol–water partition coefficient (Wildman–Crippen LogP) is 1.96. The molecule has 3 heteroatoms. The van der Waals surface area contributed by atoms with E-state index in [0.717, 1.165) is 13.0 Å². The van der Waals surface area contributed by atoms with Gasteiger partial charge in [0.15, 0.2) is 0 Å². The Morgan fingerprint density at radius 3 is 2.43 bits per heavy atom. The maximum Gasteiger partial charge on any atom is 0.308 e. The van der Waals surface area contributed by atoms with Crippen LogP contribution in [0.3, 0.4) is 0 Å². The van der Waals surface area contributed by atoms with E-state index >= 15 is 0 Å². The Labute approximate surface area is 87.2 Å². The molecular formula is C11H23NO2. The van der Waals surface area contributed by atoms with Crippen LogP contribution in [0.25, 0.3) is 0 Å². The highest BCUT2D eigenvalue weighted by atomic mass is 16.5. The number of ether oxygens (including phenoxy) is 1. The Morgan fingerprint density at radius 2 is 2.00 bits per heavy atom. The van der Waals surface area contributed by atoms with Crippen molar-refractivity contribution in [3.05, 3.63) is 0 Å². The van der Waals surface area contributed by atoms with Crippen molar-refractivity contribution in [1.82, 2.24) is 5.32 Å². The molecule has 0 saturated carbocycles. The van der Waals surface area contributed by atoms with Crippen LogP contribution in [0.4, 0.5) is 0 Å². The number of rotatable bonds is 6. The first kappa shape index (κ1) is 13.4. The van der Waals surface area contributed by atoms with Gasteiger partial charge in [0.2, 0.25) is 0 Å². The summed E-state index contributed by atoms with van der Waals surface area (Å²) in [6.45, 7) is 11.3. The van der Waals surface area contributed by atoms with E-state index in [4.69, 9.17) is 4.74 Å². The van der Waals surface area contributed by atoms with Crippen molar-refractivity contribution < 1.29 is 9.53 Å². The standard InChI is InChI=1S/C11H23NO2/c1-6-7-12-11(4,5)8-14-10(13)9(2)3/h9,12H,6-8H2,1-5H3. The van der Waals surface area contributed by atoms with Crippen LogP contribution >= 0.6 is 0 Å². The number of carbonyl (C=O) groups excluding carboxylic acids is 1. The predicted molar refractivity (Wildman–Crippen MR) is 58.2 cm³/mol. The number of esters is 1. The Hall–Kier alpha value is -0.570. The van der Waals surface area contributed by atoms with Crippen LogP contribution in [0.2, 0.25) is 0 Å². The Morgan fingerprint density at radius 1 is 1.43 bits per heavy atom. The van der Waals surface area contributed by atoms with E-state index in [-0.39, 0.29) is 17.4 Å². The topological polar surface area (TPSA) is 38.3 Å². The minimum absolute atomic E-state index is 0.0445. The Balaban J connectivity index is 3.80. The molecule has 0 atom stereocenters. The summed E-state index contributed by atoms with van der Waals surface area (Å²) in [5.74, 6) is -0.173. The second-order valence-corrected chi connectivity index (χ2v) is 4.57. The molecule has 0 aromatic rings. The quantitative estimate of drug-likeness (QED) is 0.668. The molecule has 0 rings (SSSR count). The number of carbonyl (C=O) groups is 1. The second-order valence-electron chi connectivity index (χ2n) is 4.57. The number of nitrogens with one attached hydrogen (secondary N) is 1. The molecule has 84 valence electrons. The van der Waals surface area contributed by atoms with E-state index in [9.17, 15) is 4.79 Å². The average molecular weight is 201 g/mol. The lowest BCUT2D eigenvalue weighted by molar-refractivity contribution is -0.149. The van der Waals surface area contributed by atoms with Gasteiger partial charge in [0.05, 0.1) is 5.92 Å². The third-order valence-electron chi connectivity index (χ3n) is 1.90. The van der Waals surface area contributed by atoms with Crippen molar-refractivity contribution in [2.45, 2.75) is 46.6 Å². The van der Waals surface area contributed by atoms with Crippen LogP contribution in [0, 0.1) is 5.92 Å². The molecule has 0 aromatic heterocycles. The van der Waals surface area contributed by atoms with E-state index in [1.54, 1.807) is 0 Å². The van der Waals surface area contributed by atoms with Crippen LogP contribution in [0.15, 0.2) is 0 Å². The fraction of sp³-hybridized carbons (Fsp3) is 0.909. The zero-order chi connectivity index (χ0) is 11.2. The first-order chi connectivity index (χ1) is 6.39. The Bertz CT molecular complexity index is 176. The van der Waals surface area contributed by atoms with Gasteiger partial charge in [-0.2, -0.15) is 0 Å². The van der Waals surface area contributed by atoms with E-state index in [1.807, 2.05) is 27.7 Å². The van der Waals surface area contributed by atoms with Crippen molar-refractivity contribution in [3.63, 3.8) is 0 Å². The molecule has 0 heterocycles. The normalized spacial score (nSPS) is 11.9. The molecular weight excluding hydrogens is 178 g/mol. The maximum absolute atomic E-state index is 11.2. The van der Waals surface area contributed by atoms with Crippen LogP contribution in [-0.4, -0.2) is 24.7 Å². The molecule has 0 saturated heterocycles. The van der Waals surface area contributed by atoms with Gasteiger partial charge in [0.1, 0.15) is 6.61 Å². The minimum Gasteiger partial charge on any atom is -0.464 e. The molecule has 0 aliphatic rings. The van der Waals surface area contributed by atoms with Crippen molar-refractivity contribution in [1.29, 1.82) is 0 Å². The lowest BCUT2D eigenvalue weighted by atomic mass is 10.1. The fourth-order valence-electron chi connectivity index (χ4n) is 0.933. The summed E-state index contributed by atoms with van der Waals surface area (Å²) in [5, 5.41) is 3.33. The molecule has 1 N–H and O–H groups in total. The van der Waals surface area contributed by atoms with E-state index < -0.39 is 0 Å². The highest BCUT2D eigenvalue weighted by Gasteiger charge is 2.19. The van der Waals surface area contributed by atoms with Gasteiger partial charge >= 0.3 is 5.97 Å². The summed E-state index contributed by atoms with van der Waals surface area (Å²) in [6, 6.07) is 0. The van der Waals surface area contributed by atoms with Gasteiger partial charge in [0.25, 0.3) is 0 Å². The van der Waals surface area contributed by atoms with Crippen LogP contribution in [-0.2, 0) is 9.53 Å². The van der Waals surface area contributed by atoms with Crippen LogP contribution < -0.4 is 5.32 Å². The molecule has 0 spiro atoms. The smallest absolute Gasteiger partial charge is 0.308 e. The van der Waals surface area contributed by atoms with E-state index in [1.165, 1.54) is 0 Å². The number of hydrogen-bond acceptors (Lipinski definition) is 3. The fourth-order valence-corrected chi connectivity index (χ4v) is 0.933. The van der Waals surface area contributed by atoms with Gasteiger partial charge in [-0.05, 0) is 26.8 Å². The molecule has 0 fully saturated rings. The molecule has 0 radical (unpaired) electrons. The van der Waals surface area contributed by atoms with Crippen molar-refractivity contribution in [3.8, 4) is 0 Å². The third kappa shape index (κ3) is 5.97. The monoisotopic (exact) mass is 201 g/mol. The largest absolute Gasteiger partial charge is 0.464 e. The van der Waals surface area contributed by atoms with Crippen molar-refractivity contribution >= 4 is 5.97 Å². The third-order valence-corrected chi connectivity index (χ3v) is 1.90. The van der Waals surface area contributed by atoms with Gasteiger partial charge in [-0.3, -0.25) is 4.79 Å². The van der Waals surface area contributed by atoms with E-state index in [2.05, 4.69) is 12.2 Å².